The summed E-state index contributed by atoms with van der Waals surface area (Å²) in [6.45, 7) is -0.0607. The number of azide groups is 1. The number of fused-ring (bicyclic) bond motifs is 5. The smallest absolute Gasteiger partial charge is 0.373 e. The third kappa shape index (κ3) is 2.54. The normalized spacial score (nSPS) is 33.4. The molecule has 5 atom stereocenters. The molecule has 0 spiro atoms. The van der Waals surface area contributed by atoms with Crippen LogP contribution in [0.3, 0.4) is 0 Å². The van der Waals surface area contributed by atoms with E-state index < -0.39 is 56.7 Å². The maximum atomic E-state index is 13.2. The van der Waals surface area contributed by atoms with Crippen LogP contribution in [0.4, 0.5) is 18.9 Å². The molecule has 0 unspecified atom stereocenters. The summed E-state index contributed by atoms with van der Waals surface area (Å²) in [7, 11) is -3.95. The van der Waals surface area contributed by atoms with Crippen LogP contribution in [0.25, 0.3) is 10.4 Å². The number of anilines is 1. The SMILES string of the molecule is N#Cc1ccc(N2C[C@@H]3[C@@H]4O[C@H](C[C@@H]4N=[N+]=[N-])[C@@H]3S2(=O)=O)cc1C(F)(F)F. The standard InChI is InChI=1S/C15H12F3N5O3S/c16-15(17,18)10-3-8(2-1-7(10)5-19)23-6-9-13-11(21-22-20)4-12(26-13)14(9)27(23,24)25/h1-3,9,11-14H,4,6H2/t9-,11+,12-,13+,14-/m1/s1. The molecule has 8 nitrogen and oxygen atoms in total. The summed E-state index contributed by atoms with van der Waals surface area (Å²) < 4.78 is 72.1. The highest BCUT2D eigenvalue weighted by Gasteiger charge is 2.64. The molecule has 0 aromatic heterocycles. The van der Waals surface area contributed by atoms with Crippen LogP contribution in [0.2, 0.25) is 0 Å². The molecule has 0 saturated carbocycles. The Bertz CT molecular complexity index is 999. The summed E-state index contributed by atoms with van der Waals surface area (Å²) in [6, 6.07) is 3.83. The Hall–Kier alpha value is -2.48. The van der Waals surface area contributed by atoms with Crippen LogP contribution in [0.5, 0.6) is 0 Å². The van der Waals surface area contributed by atoms with Gasteiger partial charge in [0.15, 0.2) is 0 Å². The second-order valence-electron chi connectivity index (χ2n) is 6.69. The van der Waals surface area contributed by atoms with Crippen molar-refractivity contribution < 1.29 is 26.3 Å². The van der Waals surface area contributed by atoms with E-state index in [0.29, 0.717) is 6.07 Å². The van der Waals surface area contributed by atoms with Crippen LogP contribution in [-0.4, -0.2) is 38.5 Å². The van der Waals surface area contributed by atoms with Gasteiger partial charge in [-0.15, -0.1) is 0 Å². The Labute approximate surface area is 151 Å². The Kier molecular flexibility index (Phi) is 3.82. The van der Waals surface area contributed by atoms with Crippen LogP contribution in [0, 0.1) is 17.2 Å². The largest absolute Gasteiger partial charge is 0.417 e. The average Bonchev–Trinajstić information content (AvgIpc) is 3.24. The van der Waals surface area contributed by atoms with Gasteiger partial charge in [0.2, 0.25) is 10.0 Å². The lowest BCUT2D eigenvalue weighted by Gasteiger charge is -2.22. The lowest BCUT2D eigenvalue weighted by atomic mass is 9.85. The Morgan fingerprint density at radius 3 is 2.78 bits per heavy atom. The molecule has 2 bridgehead atoms. The van der Waals surface area contributed by atoms with Crippen molar-refractivity contribution in [2.45, 2.75) is 36.1 Å². The van der Waals surface area contributed by atoms with E-state index in [1.165, 1.54) is 12.1 Å². The Morgan fingerprint density at radius 1 is 1.41 bits per heavy atom. The van der Waals surface area contributed by atoms with Crippen molar-refractivity contribution in [3.05, 3.63) is 39.8 Å². The van der Waals surface area contributed by atoms with E-state index in [0.717, 1.165) is 10.4 Å². The first kappa shape index (κ1) is 17.9. The zero-order valence-electron chi connectivity index (χ0n) is 13.5. The number of sulfonamides is 1. The maximum absolute atomic E-state index is 13.2. The second-order valence-corrected chi connectivity index (χ2v) is 8.71. The molecular formula is C15H12F3N5O3S. The number of ether oxygens (including phenoxy) is 1. The fourth-order valence-electron chi connectivity index (χ4n) is 4.29. The van der Waals surface area contributed by atoms with Gasteiger partial charge in [-0.3, -0.25) is 4.31 Å². The minimum absolute atomic E-state index is 0.0607. The van der Waals surface area contributed by atoms with Gasteiger partial charge in [-0.2, -0.15) is 18.4 Å². The summed E-state index contributed by atoms with van der Waals surface area (Å²) >= 11 is 0. The van der Waals surface area contributed by atoms with Gasteiger partial charge >= 0.3 is 6.18 Å². The van der Waals surface area contributed by atoms with E-state index in [4.69, 9.17) is 15.5 Å². The minimum atomic E-state index is -4.78. The van der Waals surface area contributed by atoms with E-state index in [9.17, 15) is 21.6 Å². The number of rotatable bonds is 2. The van der Waals surface area contributed by atoms with Crippen molar-refractivity contribution in [2.24, 2.45) is 11.0 Å². The molecular weight excluding hydrogens is 387 g/mol. The van der Waals surface area contributed by atoms with Crippen molar-refractivity contribution in [2.75, 3.05) is 10.8 Å². The van der Waals surface area contributed by atoms with Gasteiger partial charge in [-0.1, -0.05) is 5.11 Å². The average molecular weight is 399 g/mol. The van der Waals surface area contributed by atoms with E-state index in [2.05, 4.69) is 10.0 Å². The highest BCUT2D eigenvalue weighted by molar-refractivity contribution is 7.93. The van der Waals surface area contributed by atoms with Crippen LogP contribution in [-0.2, 0) is 20.9 Å². The Balaban J connectivity index is 1.73. The number of benzene rings is 1. The summed E-state index contributed by atoms with van der Waals surface area (Å²) in [5.41, 5.74) is 6.73. The molecule has 1 aromatic rings. The number of halogens is 3. The third-order valence-corrected chi connectivity index (χ3v) is 7.66. The van der Waals surface area contributed by atoms with Crippen LogP contribution in [0.1, 0.15) is 17.5 Å². The minimum Gasteiger partial charge on any atom is -0.373 e. The molecule has 0 radical (unpaired) electrons. The number of nitriles is 1. The van der Waals surface area contributed by atoms with Crippen molar-refractivity contribution in [1.82, 2.24) is 0 Å². The van der Waals surface area contributed by atoms with Gasteiger partial charge in [0.25, 0.3) is 0 Å². The van der Waals surface area contributed by atoms with Gasteiger partial charge in [-0.05, 0) is 30.2 Å². The quantitative estimate of drug-likeness (QED) is 0.431. The van der Waals surface area contributed by atoms with Crippen molar-refractivity contribution in [1.29, 1.82) is 5.26 Å². The molecule has 3 aliphatic heterocycles. The maximum Gasteiger partial charge on any atom is 0.417 e. The highest BCUT2D eigenvalue weighted by Crippen LogP contribution is 2.50. The topological polar surface area (TPSA) is 119 Å². The lowest BCUT2D eigenvalue weighted by molar-refractivity contribution is -0.137. The van der Waals surface area contributed by atoms with Gasteiger partial charge in [0, 0.05) is 17.4 Å². The molecule has 3 fully saturated rings. The van der Waals surface area contributed by atoms with Crippen LogP contribution < -0.4 is 4.31 Å². The predicted octanol–water partition coefficient (Wildman–Crippen LogP) is 2.56. The fourth-order valence-corrected chi connectivity index (χ4v) is 6.62. The first-order valence-electron chi connectivity index (χ1n) is 8.01. The number of nitrogens with zero attached hydrogens (tertiary/aromatic N) is 5. The molecule has 27 heavy (non-hydrogen) atoms. The number of alkyl halides is 3. The number of hydrogen-bond donors (Lipinski definition) is 0. The summed E-state index contributed by atoms with van der Waals surface area (Å²) in [5.74, 6) is -0.491. The lowest BCUT2D eigenvalue weighted by Crippen LogP contribution is -2.39. The van der Waals surface area contributed by atoms with Crippen LogP contribution >= 0.6 is 0 Å². The van der Waals surface area contributed by atoms with Gasteiger partial charge < -0.3 is 4.74 Å². The molecule has 1 aromatic carbocycles. The molecule has 3 heterocycles. The third-order valence-electron chi connectivity index (χ3n) is 5.34. The van der Waals surface area contributed by atoms with E-state index in [-0.39, 0.29) is 18.7 Å². The summed E-state index contributed by atoms with van der Waals surface area (Å²) in [5, 5.41) is 11.7. The fraction of sp³-hybridized carbons (Fsp3) is 0.533. The molecule has 0 N–H and O–H groups in total. The summed E-state index contributed by atoms with van der Waals surface area (Å²) in [6.07, 6.45) is -5.73. The second kappa shape index (κ2) is 5.76. The highest BCUT2D eigenvalue weighted by atomic mass is 32.2. The van der Waals surface area contributed by atoms with Gasteiger partial charge in [0.1, 0.15) is 5.25 Å². The van der Waals surface area contributed by atoms with Crippen molar-refractivity contribution in [3.63, 3.8) is 0 Å². The monoisotopic (exact) mass is 399 g/mol. The molecule has 0 aliphatic carbocycles. The zero-order chi connectivity index (χ0) is 19.6. The molecule has 3 aliphatic rings. The summed E-state index contributed by atoms with van der Waals surface area (Å²) in [4.78, 5) is 2.75. The molecule has 142 valence electrons. The molecule has 12 heteroatoms. The van der Waals surface area contributed by atoms with E-state index in [1.54, 1.807) is 0 Å². The van der Waals surface area contributed by atoms with Crippen molar-refractivity contribution in [3.8, 4) is 6.07 Å². The van der Waals surface area contributed by atoms with Gasteiger partial charge in [0.05, 0.1) is 41.1 Å². The van der Waals surface area contributed by atoms with Crippen LogP contribution in [0.15, 0.2) is 23.3 Å². The molecule has 4 rings (SSSR count). The first-order chi connectivity index (χ1) is 12.7. The van der Waals surface area contributed by atoms with E-state index in [1.807, 2.05) is 0 Å². The van der Waals surface area contributed by atoms with Crippen molar-refractivity contribution >= 4 is 15.7 Å². The number of hydrogen-bond acceptors (Lipinski definition) is 5. The van der Waals surface area contributed by atoms with Gasteiger partial charge in [-0.25, -0.2) is 8.42 Å². The zero-order valence-corrected chi connectivity index (χ0v) is 14.4. The van der Waals surface area contributed by atoms with E-state index >= 15 is 0 Å². The Morgan fingerprint density at radius 2 is 2.15 bits per heavy atom. The first-order valence-corrected chi connectivity index (χ1v) is 9.51. The molecule has 3 saturated heterocycles. The predicted molar refractivity (Wildman–Crippen MR) is 85.9 cm³/mol. The molecule has 0 amide bonds.